The van der Waals surface area contributed by atoms with Crippen LogP contribution in [0.2, 0.25) is 0 Å². The highest BCUT2D eigenvalue weighted by Crippen LogP contribution is 2.31. The lowest BCUT2D eigenvalue weighted by atomic mass is 10.2. The third-order valence-corrected chi connectivity index (χ3v) is 2.96. The summed E-state index contributed by atoms with van der Waals surface area (Å²) in [7, 11) is 1.89. The lowest BCUT2D eigenvalue weighted by Gasteiger charge is -2.15. The van der Waals surface area contributed by atoms with Crippen LogP contribution in [0.4, 0.5) is 5.69 Å². The molecule has 1 aromatic carbocycles. The molecule has 3 nitrogen and oxygen atoms in total. The van der Waals surface area contributed by atoms with Gasteiger partial charge in [-0.25, -0.2) is 0 Å². The van der Waals surface area contributed by atoms with Crippen LogP contribution >= 0.6 is 0 Å². The molecule has 1 saturated carbocycles. The first-order valence-corrected chi connectivity index (χ1v) is 6.12. The highest BCUT2D eigenvalue weighted by Gasteiger charge is 2.17. The Morgan fingerprint density at radius 2 is 2.18 bits per heavy atom. The maximum absolute atomic E-state index is 8.62. The number of hydrogen-bond donors (Lipinski definition) is 1. The van der Waals surface area contributed by atoms with Crippen molar-refractivity contribution in [3.63, 3.8) is 0 Å². The monoisotopic (exact) mass is 231 g/mol. The van der Waals surface area contributed by atoms with Crippen LogP contribution in [0.3, 0.4) is 0 Å². The Balaban J connectivity index is 0.000000239. The molecule has 2 rings (SSSR count). The molecule has 0 atom stereocenters. The summed E-state index contributed by atoms with van der Waals surface area (Å²) in [5.41, 5.74) is 7.07. The van der Waals surface area contributed by atoms with Gasteiger partial charge in [0, 0.05) is 12.7 Å². The summed E-state index contributed by atoms with van der Waals surface area (Å²) >= 11 is 0. The molecular formula is C14H21N3. The molecule has 2 N–H and O–H groups in total. The zero-order valence-electron chi connectivity index (χ0n) is 10.7. The van der Waals surface area contributed by atoms with E-state index >= 15 is 0 Å². The van der Waals surface area contributed by atoms with Crippen molar-refractivity contribution in [1.29, 1.82) is 5.26 Å². The molecular weight excluding hydrogens is 210 g/mol. The predicted octanol–water partition coefficient (Wildman–Crippen LogP) is 2.72. The van der Waals surface area contributed by atoms with E-state index in [-0.39, 0.29) is 0 Å². The fraction of sp³-hybridized carbons (Fsp3) is 0.500. The molecule has 3 heteroatoms. The third-order valence-electron chi connectivity index (χ3n) is 2.96. The van der Waals surface area contributed by atoms with Crippen LogP contribution in [0, 0.1) is 17.2 Å². The summed E-state index contributed by atoms with van der Waals surface area (Å²) in [5, 5.41) is 8.62. The third kappa shape index (κ3) is 4.88. The molecule has 1 aliphatic carbocycles. The first-order chi connectivity index (χ1) is 8.21. The SMILES string of the molecule is CCC1CC1.CN(CN)c1cccc(C#N)c1. The summed E-state index contributed by atoms with van der Waals surface area (Å²) < 4.78 is 0. The standard InChI is InChI=1S/C9H11N3.C5H10/c1-12(7-11)9-4-2-3-8(5-9)6-10;1-2-5-3-4-5/h2-5H,7,11H2,1H3;5H,2-4H2,1H3. The molecule has 1 aliphatic rings. The molecule has 92 valence electrons. The van der Waals surface area contributed by atoms with Gasteiger partial charge >= 0.3 is 0 Å². The molecule has 0 aliphatic heterocycles. The van der Waals surface area contributed by atoms with Crippen molar-refractivity contribution in [2.45, 2.75) is 26.2 Å². The topological polar surface area (TPSA) is 53.0 Å². The Morgan fingerprint density at radius 1 is 1.47 bits per heavy atom. The van der Waals surface area contributed by atoms with E-state index < -0.39 is 0 Å². The molecule has 0 bridgehead atoms. The first-order valence-electron chi connectivity index (χ1n) is 6.12. The summed E-state index contributed by atoms with van der Waals surface area (Å²) in [6, 6.07) is 9.43. The fourth-order valence-corrected chi connectivity index (χ4v) is 1.44. The average Bonchev–Trinajstić information content (AvgIpc) is 3.22. The second-order valence-electron chi connectivity index (χ2n) is 4.39. The van der Waals surface area contributed by atoms with Gasteiger partial charge in [0.2, 0.25) is 0 Å². The van der Waals surface area contributed by atoms with Gasteiger partial charge in [-0.05, 0) is 24.1 Å². The molecule has 0 aromatic heterocycles. The maximum Gasteiger partial charge on any atom is 0.0992 e. The van der Waals surface area contributed by atoms with Crippen LogP contribution in [0.15, 0.2) is 24.3 Å². The lowest BCUT2D eigenvalue weighted by Crippen LogP contribution is -2.24. The maximum atomic E-state index is 8.62. The molecule has 0 unspecified atom stereocenters. The highest BCUT2D eigenvalue weighted by molar-refractivity contribution is 5.50. The second kappa shape index (κ2) is 6.93. The van der Waals surface area contributed by atoms with E-state index in [1.54, 1.807) is 6.07 Å². The number of nitrogens with zero attached hydrogens (tertiary/aromatic N) is 2. The van der Waals surface area contributed by atoms with Crippen molar-refractivity contribution in [2.75, 3.05) is 18.6 Å². The van der Waals surface area contributed by atoms with Gasteiger partial charge in [-0.2, -0.15) is 5.26 Å². The van der Waals surface area contributed by atoms with Crippen LogP contribution in [0.1, 0.15) is 31.7 Å². The zero-order chi connectivity index (χ0) is 12.7. The molecule has 17 heavy (non-hydrogen) atoms. The molecule has 0 amide bonds. The number of nitriles is 1. The summed E-state index contributed by atoms with van der Waals surface area (Å²) in [6.07, 6.45) is 4.44. The minimum atomic E-state index is 0.453. The van der Waals surface area contributed by atoms with Crippen molar-refractivity contribution in [1.82, 2.24) is 0 Å². The molecule has 1 aromatic rings. The average molecular weight is 231 g/mol. The van der Waals surface area contributed by atoms with Crippen LogP contribution in [-0.4, -0.2) is 13.7 Å². The Morgan fingerprint density at radius 3 is 2.59 bits per heavy atom. The summed E-state index contributed by atoms with van der Waals surface area (Å²) in [5.74, 6) is 1.13. The van der Waals surface area contributed by atoms with Gasteiger partial charge in [0.05, 0.1) is 18.3 Å². The van der Waals surface area contributed by atoms with Crippen LogP contribution in [0.25, 0.3) is 0 Å². The number of hydrogen-bond acceptors (Lipinski definition) is 3. The lowest BCUT2D eigenvalue weighted by molar-refractivity contribution is 0.799. The van der Waals surface area contributed by atoms with Gasteiger partial charge in [0.1, 0.15) is 0 Å². The van der Waals surface area contributed by atoms with E-state index in [1.165, 1.54) is 19.3 Å². The van der Waals surface area contributed by atoms with Gasteiger partial charge in [-0.3, -0.25) is 0 Å². The molecule has 1 fully saturated rings. The molecule has 0 heterocycles. The van der Waals surface area contributed by atoms with E-state index in [2.05, 4.69) is 13.0 Å². The van der Waals surface area contributed by atoms with Crippen LogP contribution in [0.5, 0.6) is 0 Å². The normalized spacial score (nSPS) is 13.3. The largest absolute Gasteiger partial charge is 0.362 e. The van der Waals surface area contributed by atoms with Gasteiger partial charge in [-0.1, -0.05) is 32.3 Å². The highest BCUT2D eigenvalue weighted by atomic mass is 15.1. The molecule has 0 saturated heterocycles. The molecule has 0 spiro atoms. The Labute approximate surface area is 104 Å². The Hall–Kier alpha value is -1.53. The van der Waals surface area contributed by atoms with Crippen molar-refractivity contribution >= 4 is 5.69 Å². The fourth-order valence-electron chi connectivity index (χ4n) is 1.44. The predicted molar refractivity (Wildman–Crippen MR) is 71.6 cm³/mol. The number of rotatable bonds is 3. The first kappa shape index (κ1) is 13.5. The second-order valence-corrected chi connectivity index (χ2v) is 4.39. The van der Waals surface area contributed by atoms with Crippen LogP contribution < -0.4 is 10.6 Å². The quantitative estimate of drug-likeness (QED) is 0.814. The summed E-state index contributed by atoms with van der Waals surface area (Å²) in [4.78, 5) is 1.88. The molecule has 0 radical (unpaired) electrons. The van der Waals surface area contributed by atoms with Gasteiger partial charge in [0.15, 0.2) is 0 Å². The van der Waals surface area contributed by atoms with E-state index in [4.69, 9.17) is 11.0 Å². The number of benzene rings is 1. The smallest absolute Gasteiger partial charge is 0.0992 e. The van der Waals surface area contributed by atoms with E-state index in [0.29, 0.717) is 12.2 Å². The zero-order valence-corrected chi connectivity index (χ0v) is 10.7. The van der Waals surface area contributed by atoms with E-state index in [1.807, 2.05) is 30.1 Å². The van der Waals surface area contributed by atoms with Crippen molar-refractivity contribution in [3.8, 4) is 6.07 Å². The van der Waals surface area contributed by atoms with Gasteiger partial charge in [-0.15, -0.1) is 0 Å². The number of anilines is 1. The van der Waals surface area contributed by atoms with E-state index in [9.17, 15) is 0 Å². The summed E-state index contributed by atoms with van der Waals surface area (Å²) in [6.45, 7) is 2.71. The van der Waals surface area contributed by atoms with Crippen molar-refractivity contribution in [2.24, 2.45) is 11.7 Å². The van der Waals surface area contributed by atoms with Gasteiger partial charge < -0.3 is 10.6 Å². The minimum Gasteiger partial charge on any atom is -0.362 e. The Bertz CT molecular complexity index is 377. The number of nitrogens with two attached hydrogens (primary N) is 1. The van der Waals surface area contributed by atoms with Crippen molar-refractivity contribution in [3.05, 3.63) is 29.8 Å². The minimum absolute atomic E-state index is 0.453. The van der Waals surface area contributed by atoms with Crippen molar-refractivity contribution < 1.29 is 0 Å². The van der Waals surface area contributed by atoms with Gasteiger partial charge in [0.25, 0.3) is 0 Å². The Kier molecular flexibility index (Phi) is 5.51. The van der Waals surface area contributed by atoms with Crippen LogP contribution in [-0.2, 0) is 0 Å². The van der Waals surface area contributed by atoms with E-state index in [0.717, 1.165) is 11.6 Å².